The molecule has 2 heterocycles. The van der Waals surface area contributed by atoms with Gasteiger partial charge in [0.1, 0.15) is 0 Å². The number of amides is 1. The lowest BCUT2D eigenvalue weighted by molar-refractivity contribution is 0.0589. The van der Waals surface area contributed by atoms with Gasteiger partial charge in [-0.25, -0.2) is 0 Å². The van der Waals surface area contributed by atoms with Crippen LogP contribution in [0.25, 0.3) is 0 Å². The Balaban J connectivity index is 1.43. The molecule has 0 radical (unpaired) electrons. The second kappa shape index (κ2) is 8.45. The van der Waals surface area contributed by atoms with Crippen LogP contribution in [0.5, 0.6) is 0 Å². The number of halogens is 1. The Kier molecular flexibility index (Phi) is 5.80. The van der Waals surface area contributed by atoms with E-state index in [1.54, 1.807) is 0 Å². The number of hydrogen-bond acceptors (Lipinski definition) is 2. The van der Waals surface area contributed by atoms with Crippen LogP contribution in [0.4, 0.5) is 0 Å². The summed E-state index contributed by atoms with van der Waals surface area (Å²) in [7, 11) is 0. The molecule has 2 fully saturated rings. The van der Waals surface area contributed by atoms with Gasteiger partial charge in [0.15, 0.2) is 0 Å². The van der Waals surface area contributed by atoms with Crippen LogP contribution in [0.2, 0.25) is 5.02 Å². The van der Waals surface area contributed by atoms with Crippen molar-refractivity contribution in [3.63, 3.8) is 0 Å². The molecule has 0 aromatic heterocycles. The number of nitrogens with zero attached hydrogens (tertiary/aromatic N) is 2. The van der Waals surface area contributed by atoms with Gasteiger partial charge in [0.05, 0.1) is 0 Å². The van der Waals surface area contributed by atoms with Crippen LogP contribution in [0.1, 0.15) is 41.6 Å². The van der Waals surface area contributed by atoms with E-state index in [1.807, 2.05) is 24.3 Å². The summed E-state index contributed by atoms with van der Waals surface area (Å²) in [6.07, 6.45) is 4.68. The number of rotatable bonds is 4. The number of carbonyl (C=O) groups excluding carboxylic acids is 1. The van der Waals surface area contributed by atoms with Crippen LogP contribution < -0.4 is 0 Å². The third-order valence-electron chi connectivity index (χ3n) is 5.99. The summed E-state index contributed by atoms with van der Waals surface area (Å²) in [5.41, 5.74) is 2.13. The predicted octanol–water partition coefficient (Wildman–Crippen LogP) is 4.86. The van der Waals surface area contributed by atoms with E-state index >= 15 is 0 Å². The van der Waals surface area contributed by atoms with Gasteiger partial charge in [-0.1, -0.05) is 41.9 Å². The van der Waals surface area contributed by atoms with Gasteiger partial charge in [0.2, 0.25) is 0 Å². The van der Waals surface area contributed by atoms with Crippen LogP contribution in [-0.4, -0.2) is 41.4 Å². The molecule has 0 N–H and O–H groups in total. The van der Waals surface area contributed by atoms with Crippen LogP contribution in [-0.2, 0) is 6.54 Å². The summed E-state index contributed by atoms with van der Waals surface area (Å²) in [5.74, 6) is 0.732. The van der Waals surface area contributed by atoms with E-state index in [0.717, 1.165) is 44.6 Å². The molecular formula is C23H27ClN2O. The van der Waals surface area contributed by atoms with Crippen LogP contribution in [0.15, 0.2) is 54.6 Å². The van der Waals surface area contributed by atoms with E-state index in [2.05, 4.69) is 40.1 Å². The van der Waals surface area contributed by atoms with Crippen molar-refractivity contribution in [2.75, 3.05) is 19.6 Å². The number of hydrogen-bond donors (Lipinski definition) is 0. The summed E-state index contributed by atoms with van der Waals surface area (Å²) < 4.78 is 0. The molecule has 0 unspecified atom stereocenters. The van der Waals surface area contributed by atoms with Crippen molar-refractivity contribution in [3.8, 4) is 0 Å². The zero-order chi connectivity index (χ0) is 18.6. The first-order chi connectivity index (χ1) is 13.2. The van der Waals surface area contributed by atoms with Crippen molar-refractivity contribution in [3.05, 3.63) is 70.7 Å². The first-order valence-electron chi connectivity index (χ1n) is 10.0. The standard InChI is InChI=1S/C23H27ClN2O/c24-21-12-10-19(11-13-21)23(27)26-15-5-9-22(26)20-8-4-14-25(17-20)16-18-6-2-1-3-7-18/h1-3,6-7,10-13,20,22H,4-5,8-9,14-17H2/t20-,22-/m1/s1. The predicted molar refractivity (Wildman–Crippen MR) is 110 cm³/mol. The lowest BCUT2D eigenvalue weighted by Crippen LogP contribution is -2.46. The van der Waals surface area contributed by atoms with Gasteiger partial charge >= 0.3 is 0 Å². The highest BCUT2D eigenvalue weighted by molar-refractivity contribution is 6.30. The normalized spacial score (nSPS) is 23.5. The molecule has 0 spiro atoms. The van der Waals surface area contributed by atoms with Crippen molar-refractivity contribution in [2.45, 2.75) is 38.3 Å². The van der Waals surface area contributed by atoms with Crippen LogP contribution in [0, 0.1) is 5.92 Å². The van der Waals surface area contributed by atoms with Crippen LogP contribution in [0.3, 0.4) is 0 Å². The molecule has 2 aromatic rings. The summed E-state index contributed by atoms with van der Waals surface area (Å²) in [5, 5.41) is 0.674. The van der Waals surface area contributed by atoms with E-state index in [-0.39, 0.29) is 5.91 Å². The van der Waals surface area contributed by atoms with Gasteiger partial charge in [-0.15, -0.1) is 0 Å². The minimum Gasteiger partial charge on any atom is -0.335 e. The van der Waals surface area contributed by atoms with E-state index < -0.39 is 0 Å². The average molecular weight is 383 g/mol. The van der Waals surface area contributed by atoms with Gasteiger partial charge in [-0.2, -0.15) is 0 Å². The highest BCUT2D eigenvalue weighted by Crippen LogP contribution is 2.32. The van der Waals surface area contributed by atoms with E-state index in [0.29, 0.717) is 17.0 Å². The van der Waals surface area contributed by atoms with Crippen molar-refractivity contribution in [1.82, 2.24) is 9.80 Å². The zero-order valence-electron chi connectivity index (χ0n) is 15.7. The fraction of sp³-hybridized carbons (Fsp3) is 0.435. The number of benzene rings is 2. The molecule has 1 amide bonds. The lowest BCUT2D eigenvalue weighted by atomic mass is 9.88. The topological polar surface area (TPSA) is 23.6 Å². The number of piperidine rings is 1. The first-order valence-corrected chi connectivity index (χ1v) is 10.4. The molecule has 27 heavy (non-hydrogen) atoms. The quantitative estimate of drug-likeness (QED) is 0.754. The maximum absolute atomic E-state index is 13.1. The molecule has 4 rings (SSSR count). The molecule has 142 valence electrons. The monoisotopic (exact) mass is 382 g/mol. The minimum atomic E-state index is 0.161. The molecule has 0 bridgehead atoms. The summed E-state index contributed by atoms with van der Waals surface area (Å²) in [4.78, 5) is 17.7. The first kappa shape index (κ1) is 18.5. The highest BCUT2D eigenvalue weighted by Gasteiger charge is 2.37. The molecule has 2 atom stereocenters. The van der Waals surface area contributed by atoms with E-state index in [4.69, 9.17) is 11.6 Å². The van der Waals surface area contributed by atoms with Crippen molar-refractivity contribution < 1.29 is 4.79 Å². The molecule has 2 saturated heterocycles. The summed E-state index contributed by atoms with van der Waals surface area (Å²) in [6, 6.07) is 18.4. The van der Waals surface area contributed by atoms with Gasteiger partial charge in [0.25, 0.3) is 5.91 Å². The molecule has 2 aliphatic heterocycles. The Hall–Kier alpha value is -1.84. The molecule has 0 aliphatic carbocycles. The maximum Gasteiger partial charge on any atom is 0.254 e. The third-order valence-corrected chi connectivity index (χ3v) is 6.24. The summed E-state index contributed by atoms with van der Waals surface area (Å²) in [6.45, 7) is 4.13. The summed E-state index contributed by atoms with van der Waals surface area (Å²) >= 11 is 5.98. The van der Waals surface area contributed by atoms with Crippen LogP contribution >= 0.6 is 11.6 Å². The fourth-order valence-electron chi connectivity index (χ4n) is 4.68. The third kappa shape index (κ3) is 4.36. The Morgan fingerprint density at radius 2 is 1.70 bits per heavy atom. The molecule has 4 heteroatoms. The molecule has 2 aromatic carbocycles. The van der Waals surface area contributed by atoms with Crippen molar-refractivity contribution >= 4 is 17.5 Å². The Morgan fingerprint density at radius 3 is 2.48 bits per heavy atom. The number of carbonyl (C=O) groups is 1. The second-order valence-electron chi connectivity index (χ2n) is 7.84. The second-order valence-corrected chi connectivity index (χ2v) is 8.27. The Morgan fingerprint density at radius 1 is 0.963 bits per heavy atom. The van der Waals surface area contributed by atoms with Gasteiger partial charge < -0.3 is 4.90 Å². The van der Waals surface area contributed by atoms with E-state index in [9.17, 15) is 4.79 Å². The minimum absolute atomic E-state index is 0.161. The molecule has 3 nitrogen and oxygen atoms in total. The van der Waals surface area contributed by atoms with Gasteiger partial charge in [0, 0.05) is 36.3 Å². The smallest absolute Gasteiger partial charge is 0.254 e. The lowest BCUT2D eigenvalue weighted by Gasteiger charge is -2.39. The molecule has 2 aliphatic rings. The highest BCUT2D eigenvalue weighted by atomic mass is 35.5. The number of likely N-dealkylation sites (tertiary alicyclic amines) is 2. The Labute approximate surface area is 166 Å². The van der Waals surface area contributed by atoms with Gasteiger partial charge in [-0.3, -0.25) is 9.69 Å². The largest absolute Gasteiger partial charge is 0.335 e. The maximum atomic E-state index is 13.1. The average Bonchev–Trinajstić information content (AvgIpc) is 3.19. The molecular weight excluding hydrogens is 356 g/mol. The molecule has 0 saturated carbocycles. The zero-order valence-corrected chi connectivity index (χ0v) is 16.4. The van der Waals surface area contributed by atoms with Crippen molar-refractivity contribution in [2.24, 2.45) is 5.92 Å². The SMILES string of the molecule is O=C(c1ccc(Cl)cc1)N1CCC[C@@H]1[C@@H]1CCCN(Cc2ccccc2)C1. The van der Waals surface area contributed by atoms with Crippen molar-refractivity contribution in [1.29, 1.82) is 0 Å². The fourth-order valence-corrected chi connectivity index (χ4v) is 4.81. The van der Waals surface area contributed by atoms with E-state index in [1.165, 1.54) is 18.4 Å². The Bertz CT molecular complexity index is 762. The van der Waals surface area contributed by atoms with Gasteiger partial charge in [-0.05, 0) is 68.0 Å².